The third kappa shape index (κ3) is 3.13. The van der Waals surface area contributed by atoms with Crippen LogP contribution in [0, 0.1) is 5.82 Å². The minimum Gasteiger partial charge on any atom is -0.382 e. The van der Waals surface area contributed by atoms with Gasteiger partial charge in [0, 0.05) is 13.1 Å². The van der Waals surface area contributed by atoms with Crippen LogP contribution in [0.5, 0.6) is 0 Å². The average Bonchev–Trinajstić information content (AvgIpc) is 2.83. The van der Waals surface area contributed by atoms with E-state index >= 15 is 0 Å². The maximum absolute atomic E-state index is 13.9. The number of para-hydroxylation sites is 1. The first-order valence-electron chi connectivity index (χ1n) is 6.65. The van der Waals surface area contributed by atoms with Crippen LogP contribution in [0.1, 0.15) is 23.5 Å². The average molecular weight is 308 g/mol. The summed E-state index contributed by atoms with van der Waals surface area (Å²) in [5.41, 5.74) is 6.04. The van der Waals surface area contributed by atoms with Gasteiger partial charge in [-0.05, 0) is 26.0 Å². The Kier molecular flexibility index (Phi) is 4.74. The molecule has 0 aliphatic rings. The topological polar surface area (TPSA) is 71.2 Å². The molecule has 1 aromatic heterocycles. The minimum atomic E-state index is -0.442. The van der Waals surface area contributed by atoms with Crippen LogP contribution < -0.4 is 16.0 Å². The van der Waals surface area contributed by atoms with E-state index in [1.807, 2.05) is 6.92 Å². The fraction of sp³-hybridized carbons (Fsp3) is 0.286. The van der Waals surface area contributed by atoms with Gasteiger partial charge in [-0.2, -0.15) is 0 Å². The first-order chi connectivity index (χ1) is 10.1. The highest BCUT2D eigenvalue weighted by molar-refractivity contribution is 7.18. The van der Waals surface area contributed by atoms with Crippen molar-refractivity contribution in [3.8, 4) is 0 Å². The van der Waals surface area contributed by atoms with E-state index in [-0.39, 0.29) is 17.4 Å². The normalized spacial score (nSPS) is 10.4. The number of amides is 1. The lowest BCUT2D eigenvalue weighted by Gasteiger charge is -2.20. The van der Waals surface area contributed by atoms with Gasteiger partial charge in [-0.3, -0.25) is 4.79 Å². The third-order valence-electron chi connectivity index (χ3n) is 2.88. The molecule has 0 fully saturated rings. The van der Waals surface area contributed by atoms with Crippen molar-refractivity contribution >= 4 is 33.9 Å². The molecule has 0 saturated carbocycles. The maximum Gasteiger partial charge on any atom is 0.272 e. The van der Waals surface area contributed by atoms with Gasteiger partial charge < -0.3 is 16.0 Å². The lowest BCUT2D eigenvalue weighted by atomic mass is 10.2. The second-order valence-electron chi connectivity index (χ2n) is 4.26. The Labute approximate surface area is 126 Å². The van der Waals surface area contributed by atoms with Crippen LogP contribution in [-0.4, -0.2) is 24.0 Å². The summed E-state index contributed by atoms with van der Waals surface area (Å²) in [7, 11) is 0. The molecule has 112 valence electrons. The van der Waals surface area contributed by atoms with Crippen LogP contribution in [0.2, 0.25) is 0 Å². The second kappa shape index (κ2) is 6.53. The van der Waals surface area contributed by atoms with Crippen molar-refractivity contribution in [2.45, 2.75) is 13.8 Å². The number of hydrogen-bond acceptors (Lipinski definition) is 5. The number of anilines is 3. The first-order valence-corrected chi connectivity index (χ1v) is 7.46. The first kappa shape index (κ1) is 15.2. The lowest BCUT2D eigenvalue weighted by molar-refractivity contribution is 0.0992. The smallest absolute Gasteiger partial charge is 0.272 e. The van der Waals surface area contributed by atoms with Crippen LogP contribution in [-0.2, 0) is 0 Å². The van der Waals surface area contributed by atoms with Crippen molar-refractivity contribution in [3.63, 3.8) is 0 Å². The van der Waals surface area contributed by atoms with Crippen molar-refractivity contribution in [1.29, 1.82) is 0 Å². The van der Waals surface area contributed by atoms with E-state index in [4.69, 9.17) is 5.73 Å². The Morgan fingerprint density at radius 3 is 2.76 bits per heavy atom. The molecule has 0 saturated heterocycles. The summed E-state index contributed by atoms with van der Waals surface area (Å²) in [4.78, 5) is 18.4. The van der Waals surface area contributed by atoms with Gasteiger partial charge in [0.2, 0.25) is 0 Å². The molecule has 3 N–H and O–H groups in total. The standard InChI is InChI=1S/C14H17FN4OS/c1-3-17-14-18-12(16)11(21-14)13(20)19(4-2)10-8-6-5-7-9(10)15/h5-8H,3-4,16H2,1-2H3,(H,17,18). The van der Waals surface area contributed by atoms with E-state index in [2.05, 4.69) is 10.3 Å². The van der Waals surface area contributed by atoms with Crippen LogP contribution in [0.15, 0.2) is 24.3 Å². The molecule has 0 spiro atoms. The number of carbonyl (C=O) groups excluding carboxylic acids is 1. The Balaban J connectivity index is 2.35. The summed E-state index contributed by atoms with van der Waals surface area (Å²) in [6.45, 7) is 4.74. The Hall–Kier alpha value is -2.15. The molecule has 1 amide bonds. The van der Waals surface area contributed by atoms with Gasteiger partial charge in [0.1, 0.15) is 16.5 Å². The van der Waals surface area contributed by atoms with Gasteiger partial charge >= 0.3 is 0 Å². The number of halogens is 1. The molecule has 7 heteroatoms. The molecular weight excluding hydrogens is 291 g/mol. The van der Waals surface area contributed by atoms with Crippen molar-refractivity contribution in [2.75, 3.05) is 29.0 Å². The molecule has 0 aliphatic carbocycles. The Bertz CT molecular complexity index is 644. The Morgan fingerprint density at radius 1 is 1.43 bits per heavy atom. The summed E-state index contributed by atoms with van der Waals surface area (Å²) in [5, 5.41) is 3.60. The number of nitrogens with two attached hydrogens (primary N) is 1. The SMILES string of the molecule is CCNc1nc(N)c(C(=O)N(CC)c2ccccc2F)s1. The van der Waals surface area contributed by atoms with Gasteiger partial charge in [-0.15, -0.1) is 0 Å². The largest absolute Gasteiger partial charge is 0.382 e. The van der Waals surface area contributed by atoms with Gasteiger partial charge in [0.25, 0.3) is 5.91 Å². The van der Waals surface area contributed by atoms with Crippen LogP contribution in [0.3, 0.4) is 0 Å². The second-order valence-corrected chi connectivity index (χ2v) is 5.26. The lowest BCUT2D eigenvalue weighted by Crippen LogP contribution is -2.31. The van der Waals surface area contributed by atoms with Crippen LogP contribution >= 0.6 is 11.3 Å². The zero-order valence-corrected chi connectivity index (χ0v) is 12.7. The van der Waals surface area contributed by atoms with E-state index in [9.17, 15) is 9.18 Å². The van der Waals surface area contributed by atoms with Gasteiger partial charge in [0.15, 0.2) is 5.13 Å². The van der Waals surface area contributed by atoms with E-state index in [0.29, 0.717) is 23.1 Å². The quantitative estimate of drug-likeness (QED) is 0.891. The molecule has 1 heterocycles. The fourth-order valence-corrected chi connectivity index (χ4v) is 2.83. The number of thiazole rings is 1. The monoisotopic (exact) mass is 308 g/mol. The fourth-order valence-electron chi connectivity index (χ4n) is 1.93. The molecule has 0 bridgehead atoms. The minimum absolute atomic E-state index is 0.163. The number of benzene rings is 1. The van der Waals surface area contributed by atoms with Crippen LogP contribution in [0.25, 0.3) is 0 Å². The third-order valence-corrected chi connectivity index (χ3v) is 3.90. The maximum atomic E-state index is 13.9. The summed E-state index contributed by atoms with van der Waals surface area (Å²) < 4.78 is 13.9. The van der Waals surface area contributed by atoms with E-state index < -0.39 is 5.82 Å². The zero-order chi connectivity index (χ0) is 15.4. The Morgan fingerprint density at radius 2 is 2.14 bits per heavy atom. The predicted octanol–water partition coefficient (Wildman–Crippen LogP) is 2.96. The zero-order valence-electron chi connectivity index (χ0n) is 11.9. The number of carbonyl (C=O) groups is 1. The highest BCUT2D eigenvalue weighted by Gasteiger charge is 2.24. The summed E-state index contributed by atoms with van der Waals surface area (Å²) in [6, 6.07) is 6.17. The van der Waals surface area contributed by atoms with Gasteiger partial charge in [-0.1, -0.05) is 23.5 Å². The van der Waals surface area contributed by atoms with E-state index in [1.54, 1.807) is 25.1 Å². The highest BCUT2D eigenvalue weighted by atomic mass is 32.1. The highest BCUT2D eigenvalue weighted by Crippen LogP contribution is 2.29. The molecule has 2 rings (SSSR count). The molecule has 0 unspecified atom stereocenters. The van der Waals surface area contributed by atoms with Crippen LogP contribution in [0.4, 0.5) is 21.0 Å². The molecular formula is C14H17FN4OS. The van der Waals surface area contributed by atoms with Gasteiger partial charge in [0.05, 0.1) is 5.69 Å². The van der Waals surface area contributed by atoms with Crippen molar-refractivity contribution in [3.05, 3.63) is 35.0 Å². The molecule has 0 aliphatic heterocycles. The molecule has 2 aromatic rings. The van der Waals surface area contributed by atoms with E-state index in [0.717, 1.165) is 0 Å². The number of nitrogen functional groups attached to an aromatic ring is 1. The number of nitrogens with zero attached hydrogens (tertiary/aromatic N) is 2. The predicted molar refractivity (Wildman–Crippen MR) is 84.4 cm³/mol. The van der Waals surface area contributed by atoms with E-state index in [1.165, 1.54) is 22.3 Å². The van der Waals surface area contributed by atoms with Crippen molar-refractivity contribution in [1.82, 2.24) is 4.98 Å². The summed E-state index contributed by atoms with van der Waals surface area (Å²) >= 11 is 1.18. The van der Waals surface area contributed by atoms with Crippen molar-refractivity contribution in [2.24, 2.45) is 0 Å². The molecule has 21 heavy (non-hydrogen) atoms. The number of hydrogen-bond donors (Lipinski definition) is 2. The van der Waals surface area contributed by atoms with Crippen molar-refractivity contribution < 1.29 is 9.18 Å². The number of nitrogens with one attached hydrogen (secondary N) is 1. The number of aromatic nitrogens is 1. The number of rotatable bonds is 5. The molecule has 1 aromatic carbocycles. The molecule has 0 radical (unpaired) electrons. The summed E-state index contributed by atoms with van der Waals surface area (Å²) in [6.07, 6.45) is 0. The molecule has 5 nitrogen and oxygen atoms in total. The molecule has 0 atom stereocenters. The summed E-state index contributed by atoms with van der Waals surface area (Å²) in [5.74, 6) is -0.625. The van der Waals surface area contributed by atoms with Gasteiger partial charge in [-0.25, -0.2) is 9.37 Å².